The van der Waals surface area contributed by atoms with E-state index < -0.39 is 5.91 Å². The molecule has 0 saturated heterocycles. The average Bonchev–Trinajstić information content (AvgIpc) is 3.03. The van der Waals surface area contributed by atoms with Gasteiger partial charge in [-0.25, -0.2) is 9.66 Å². The molecule has 0 fully saturated rings. The summed E-state index contributed by atoms with van der Waals surface area (Å²) >= 11 is 0. The number of amides is 1. The van der Waals surface area contributed by atoms with Gasteiger partial charge in [0.1, 0.15) is 11.5 Å². The summed E-state index contributed by atoms with van der Waals surface area (Å²) in [5.41, 5.74) is 4.17. The Kier molecular flexibility index (Phi) is 3.16. The molecule has 2 N–H and O–H groups in total. The zero-order valence-electron chi connectivity index (χ0n) is 12.9. The molecule has 4 rings (SSSR count). The number of aryl methyl sites for hydroxylation is 1. The first-order chi connectivity index (χ1) is 11.6. The Labute approximate surface area is 136 Å². The van der Waals surface area contributed by atoms with Crippen LogP contribution in [0.15, 0.2) is 59.4 Å². The molecule has 1 amide bonds. The lowest BCUT2D eigenvalue weighted by Crippen LogP contribution is -2.35. The maximum absolute atomic E-state index is 12.6. The van der Waals surface area contributed by atoms with E-state index in [1.54, 1.807) is 31.2 Å². The summed E-state index contributed by atoms with van der Waals surface area (Å²) in [6, 6.07) is 16.4. The Morgan fingerprint density at radius 3 is 2.71 bits per heavy atom. The van der Waals surface area contributed by atoms with Gasteiger partial charge >= 0.3 is 0 Å². The SMILES string of the molecule is Cc1nc2ccccc2c(=O)n1NC(=O)c1cc2ccccc2[nH]1. The highest BCUT2D eigenvalue weighted by Crippen LogP contribution is 2.14. The van der Waals surface area contributed by atoms with Crippen LogP contribution in [-0.4, -0.2) is 20.6 Å². The van der Waals surface area contributed by atoms with Gasteiger partial charge < -0.3 is 4.98 Å². The Morgan fingerprint density at radius 1 is 1.12 bits per heavy atom. The number of hydrogen-bond donors (Lipinski definition) is 2. The molecule has 6 heteroatoms. The van der Waals surface area contributed by atoms with Crippen molar-refractivity contribution in [1.82, 2.24) is 14.6 Å². The number of nitrogens with one attached hydrogen (secondary N) is 2. The first-order valence-corrected chi connectivity index (χ1v) is 7.51. The van der Waals surface area contributed by atoms with Gasteiger partial charge in [0.15, 0.2) is 0 Å². The summed E-state index contributed by atoms with van der Waals surface area (Å²) in [5.74, 6) is 0.0247. The van der Waals surface area contributed by atoms with E-state index in [1.807, 2.05) is 30.3 Å². The summed E-state index contributed by atoms with van der Waals surface area (Å²) in [7, 11) is 0. The fourth-order valence-electron chi connectivity index (χ4n) is 2.73. The van der Waals surface area contributed by atoms with Crippen LogP contribution in [0.3, 0.4) is 0 Å². The Balaban J connectivity index is 1.76. The monoisotopic (exact) mass is 318 g/mol. The van der Waals surface area contributed by atoms with Gasteiger partial charge in [-0.1, -0.05) is 30.3 Å². The van der Waals surface area contributed by atoms with Crippen molar-refractivity contribution in [2.45, 2.75) is 6.92 Å². The van der Waals surface area contributed by atoms with Crippen molar-refractivity contribution in [2.24, 2.45) is 0 Å². The Bertz CT molecular complexity index is 1110. The first kappa shape index (κ1) is 14.2. The highest BCUT2D eigenvalue weighted by molar-refractivity contribution is 6.02. The third-order valence-electron chi connectivity index (χ3n) is 3.93. The number of carbonyl (C=O) groups excluding carboxylic acids is 1. The van der Waals surface area contributed by atoms with Crippen molar-refractivity contribution in [3.05, 3.63) is 76.5 Å². The second-order valence-electron chi connectivity index (χ2n) is 5.53. The summed E-state index contributed by atoms with van der Waals surface area (Å²) in [6.07, 6.45) is 0. The normalized spacial score (nSPS) is 11.0. The third-order valence-corrected chi connectivity index (χ3v) is 3.93. The lowest BCUT2D eigenvalue weighted by Gasteiger charge is -2.11. The highest BCUT2D eigenvalue weighted by Gasteiger charge is 2.13. The van der Waals surface area contributed by atoms with Crippen LogP contribution in [0.1, 0.15) is 16.3 Å². The number of aromatic nitrogens is 3. The van der Waals surface area contributed by atoms with E-state index >= 15 is 0 Å². The summed E-state index contributed by atoms with van der Waals surface area (Å²) in [6.45, 7) is 1.68. The van der Waals surface area contributed by atoms with Crippen molar-refractivity contribution < 1.29 is 4.79 Å². The van der Waals surface area contributed by atoms with E-state index in [-0.39, 0.29) is 5.56 Å². The van der Waals surface area contributed by atoms with E-state index in [0.717, 1.165) is 10.9 Å². The fourth-order valence-corrected chi connectivity index (χ4v) is 2.73. The Hall–Kier alpha value is -3.41. The molecule has 0 atom stereocenters. The number of carbonyl (C=O) groups is 1. The molecule has 0 aliphatic rings. The lowest BCUT2D eigenvalue weighted by molar-refractivity contribution is 0.100. The number of hydrogen-bond acceptors (Lipinski definition) is 3. The van der Waals surface area contributed by atoms with E-state index in [4.69, 9.17) is 0 Å². The number of aromatic amines is 1. The molecule has 118 valence electrons. The van der Waals surface area contributed by atoms with Crippen LogP contribution in [0.4, 0.5) is 0 Å². The first-order valence-electron chi connectivity index (χ1n) is 7.51. The maximum atomic E-state index is 12.6. The van der Waals surface area contributed by atoms with Crippen molar-refractivity contribution >= 4 is 27.7 Å². The van der Waals surface area contributed by atoms with Crippen molar-refractivity contribution in [3.63, 3.8) is 0 Å². The molecule has 0 unspecified atom stereocenters. The van der Waals surface area contributed by atoms with Crippen LogP contribution in [0.2, 0.25) is 0 Å². The van der Waals surface area contributed by atoms with Crippen LogP contribution < -0.4 is 11.0 Å². The molecule has 0 radical (unpaired) electrons. The third kappa shape index (κ3) is 2.25. The molecule has 0 bridgehead atoms. The van der Waals surface area contributed by atoms with Crippen LogP contribution in [0, 0.1) is 6.92 Å². The lowest BCUT2D eigenvalue weighted by atomic mass is 10.2. The molecular weight excluding hydrogens is 304 g/mol. The van der Waals surface area contributed by atoms with Gasteiger partial charge in [-0.15, -0.1) is 0 Å². The zero-order valence-corrected chi connectivity index (χ0v) is 12.9. The topological polar surface area (TPSA) is 79.8 Å². The van der Waals surface area contributed by atoms with Gasteiger partial charge in [-0.2, -0.15) is 0 Å². The van der Waals surface area contributed by atoms with Gasteiger partial charge in [0.05, 0.1) is 10.9 Å². The average molecular weight is 318 g/mol. The molecule has 0 aliphatic heterocycles. The van der Waals surface area contributed by atoms with Crippen molar-refractivity contribution in [3.8, 4) is 0 Å². The molecule has 6 nitrogen and oxygen atoms in total. The highest BCUT2D eigenvalue weighted by atomic mass is 16.2. The number of nitrogens with zero attached hydrogens (tertiary/aromatic N) is 2. The van der Waals surface area contributed by atoms with Gasteiger partial charge in [-0.3, -0.25) is 15.0 Å². The smallest absolute Gasteiger partial charge is 0.286 e. The molecular formula is C18H14N4O2. The van der Waals surface area contributed by atoms with Crippen molar-refractivity contribution in [1.29, 1.82) is 0 Å². The van der Waals surface area contributed by atoms with E-state index in [0.29, 0.717) is 22.4 Å². The molecule has 2 heterocycles. The van der Waals surface area contributed by atoms with Crippen LogP contribution >= 0.6 is 0 Å². The van der Waals surface area contributed by atoms with Gasteiger partial charge in [-0.05, 0) is 31.2 Å². The second kappa shape index (κ2) is 5.34. The quantitative estimate of drug-likeness (QED) is 0.596. The molecule has 4 aromatic rings. The minimum absolute atomic E-state index is 0.303. The minimum Gasteiger partial charge on any atom is -0.350 e. The van der Waals surface area contributed by atoms with Crippen LogP contribution in [-0.2, 0) is 0 Å². The molecule has 0 saturated carbocycles. The predicted octanol–water partition coefficient (Wildman–Crippen LogP) is 2.57. The molecule has 0 aliphatic carbocycles. The maximum Gasteiger partial charge on any atom is 0.286 e. The van der Waals surface area contributed by atoms with Crippen LogP contribution in [0.25, 0.3) is 21.8 Å². The fraction of sp³-hybridized carbons (Fsp3) is 0.0556. The summed E-state index contributed by atoms with van der Waals surface area (Å²) < 4.78 is 1.18. The number of para-hydroxylation sites is 2. The number of H-pyrrole nitrogens is 1. The van der Waals surface area contributed by atoms with Crippen molar-refractivity contribution in [2.75, 3.05) is 5.43 Å². The van der Waals surface area contributed by atoms with Gasteiger partial charge in [0, 0.05) is 10.9 Å². The van der Waals surface area contributed by atoms with E-state index in [2.05, 4.69) is 15.4 Å². The molecule has 24 heavy (non-hydrogen) atoms. The molecule has 2 aromatic carbocycles. The summed E-state index contributed by atoms with van der Waals surface area (Å²) in [4.78, 5) is 32.5. The Morgan fingerprint density at radius 2 is 1.88 bits per heavy atom. The minimum atomic E-state index is -0.395. The predicted molar refractivity (Wildman–Crippen MR) is 92.7 cm³/mol. The van der Waals surface area contributed by atoms with Crippen LogP contribution in [0.5, 0.6) is 0 Å². The summed E-state index contributed by atoms with van der Waals surface area (Å²) in [5, 5.41) is 1.39. The molecule has 0 spiro atoms. The second-order valence-corrected chi connectivity index (χ2v) is 5.53. The van der Waals surface area contributed by atoms with E-state index in [9.17, 15) is 9.59 Å². The largest absolute Gasteiger partial charge is 0.350 e. The van der Waals surface area contributed by atoms with Gasteiger partial charge in [0.2, 0.25) is 0 Å². The zero-order chi connectivity index (χ0) is 16.7. The van der Waals surface area contributed by atoms with E-state index in [1.165, 1.54) is 4.68 Å². The number of rotatable bonds is 2. The number of benzene rings is 2. The number of fused-ring (bicyclic) bond motifs is 2. The molecule has 2 aromatic heterocycles. The standard InChI is InChI=1S/C18H14N4O2/c1-11-19-15-9-5-3-7-13(15)18(24)22(11)21-17(23)16-10-12-6-2-4-8-14(12)20-16/h2-10,20H,1H3,(H,21,23). The van der Waals surface area contributed by atoms with Gasteiger partial charge in [0.25, 0.3) is 11.5 Å².